The third-order valence-corrected chi connectivity index (χ3v) is 3.04. The predicted octanol–water partition coefficient (Wildman–Crippen LogP) is 3.80. The van der Waals surface area contributed by atoms with Crippen LogP contribution in [0.25, 0.3) is 0 Å². The molecular formula is C16H23ClN2O2. The standard InChI is InChI=1S/C16H23ClN2O2/c1-11(2)9-19(10-12(3)4)16(21)18-15(20)13-5-7-14(17)8-6-13/h5-8,11-12H,9-10H2,1-4H3,(H,18,20,21). The highest BCUT2D eigenvalue weighted by Crippen LogP contribution is 2.10. The first-order valence-electron chi connectivity index (χ1n) is 7.15. The Hall–Kier alpha value is -1.55. The Morgan fingerprint density at radius 3 is 1.95 bits per heavy atom. The van der Waals surface area contributed by atoms with E-state index in [1.165, 1.54) is 0 Å². The van der Waals surface area contributed by atoms with Crippen molar-refractivity contribution in [3.05, 3.63) is 34.9 Å². The minimum absolute atomic E-state index is 0.347. The number of benzene rings is 1. The van der Waals surface area contributed by atoms with E-state index in [4.69, 9.17) is 11.6 Å². The van der Waals surface area contributed by atoms with E-state index >= 15 is 0 Å². The van der Waals surface area contributed by atoms with E-state index in [2.05, 4.69) is 5.32 Å². The van der Waals surface area contributed by atoms with E-state index < -0.39 is 5.91 Å². The number of nitrogens with one attached hydrogen (secondary N) is 1. The van der Waals surface area contributed by atoms with Gasteiger partial charge in [-0.2, -0.15) is 0 Å². The summed E-state index contributed by atoms with van der Waals surface area (Å²) in [5, 5.41) is 2.99. The van der Waals surface area contributed by atoms with Crippen LogP contribution in [-0.4, -0.2) is 29.9 Å². The number of urea groups is 1. The van der Waals surface area contributed by atoms with Crippen molar-refractivity contribution in [3.8, 4) is 0 Å². The zero-order chi connectivity index (χ0) is 16.0. The Morgan fingerprint density at radius 1 is 1.05 bits per heavy atom. The van der Waals surface area contributed by atoms with E-state index in [0.717, 1.165) is 0 Å². The molecule has 0 heterocycles. The van der Waals surface area contributed by atoms with Gasteiger partial charge in [0.1, 0.15) is 0 Å². The summed E-state index contributed by atoms with van der Waals surface area (Å²) < 4.78 is 0. The number of halogens is 1. The van der Waals surface area contributed by atoms with Crippen LogP contribution in [0.3, 0.4) is 0 Å². The van der Waals surface area contributed by atoms with Crippen LogP contribution in [0, 0.1) is 11.8 Å². The van der Waals surface area contributed by atoms with Gasteiger partial charge in [-0.1, -0.05) is 39.3 Å². The van der Waals surface area contributed by atoms with E-state index in [-0.39, 0.29) is 6.03 Å². The zero-order valence-electron chi connectivity index (χ0n) is 13.0. The van der Waals surface area contributed by atoms with E-state index in [9.17, 15) is 9.59 Å². The fourth-order valence-electron chi connectivity index (χ4n) is 1.97. The van der Waals surface area contributed by atoms with Crippen LogP contribution < -0.4 is 5.32 Å². The summed E-state index contributed by atoms with van der Waals surface area (Å²) in [4.78, 5) is 26.0. The van der Waals surface area contributed by atoms with Crippen LogP contribution in [0.15, 0.2) is 24.3 Å². The first-order chi connectivity index (χ1) is 9.79. The van der Waals surface area contributed by atoms with Crippen molar-refractivity contribution >= 4 is 23.5 Å². The molecule has 1 rings (SSSR count). The molecule has 0 aromatic heterocycles. The molecule has 1 N–H and O–H groups in total. The summed E-state index contributed by atoms with van der Waals surface area (Å²) in [6.07, 6.45) is 0. The van der Waals surface area contributed by atoms with Gasteiger partial charge in [0, 0.05) is 23.7 Å². The number of hydrogen-bond acceptors (Lipinski definition) is 2. The molecule has 0 atom stereocenters. The van der Waals surface area contributed by atoms with Gasteiger partial charge in [0.15, 0.2) is 0 Å². The normalized spacial score (nSPS) is 10.8. The highest BCUT2D eigenvalue weighted by atomic mass is 35.5. The van der Waals surface area contributed by atoms with Crippen molar-refractivity contribution in [2.75, 3.05) is 13.1 Å². The molecule has 0 spiro atoms. The molecule has 0 radical (unpaired) electrons. The van der Waals surface area contributed by atoms with Crippen LogP contribution in [0.1, 0.15) is 38.1 Å². The second-order valence-corrected chi connectivity index (χ2v) is 6.40. The number of carbonyl (C=O) groups excluding carboxylic acids is 2. The second kappa shape index (κ2) is 8.03. The van der Waals surface area contributed by atoms with Crippen LogP contribution in [0.4, 0.5) is 4.79 Å². The lowest BCUT2D eigenvalue weighted by molar-refractivity contribution is 0.0947. The van der Waals surface area contributed by atoms with E-state index in [1.54, 1.807) is 29.2 Å². The molecule has 0 fully saturated rings. The topological polar surface area (TPSA) is 49.4 Å². The molecule has 0 unspecified atom stereocenters. The molecule has 0 aliphatic heterocycles. The van der Waals surface area contributed by atoms with Gasteiger partial charge in [-0.15, -0.1) is 0 Å². The molecule has 1 aromatic carbocycles. The largest absolute Gasteiger partial charge is 0.324 e. The lowest BCUT2D eigenvalue weighted by Gasteiger charge is -2.26. The van der Waals surface area contributed by atoms with E-state index in [1.807, 2.05) is 27.7 Å². The molecule has 0 aliphatic carbocycles. The van der Waals surface area contributed by atoms with Crippen LogP contribution in [0.5, 0.6) is 0 Å². The van der Waals surface area contributed by atoms with Crippen molar-refractivity contribution in [1.82, 2.24) is 10.2 Å². The number of imide groups is 1. The minimum Gasteiger partial charge on any atom is -0.324 e. The Kier molecular flexibility index (Phi) is 6.69. The number of carbonyl (C=O) groups is 2. The number of nitrogens with zero attached hydrogens (tertiary/aromatic N) is 1. The van der Waals surface area contributed by atoms with Crippen molar-refractivity contribution in [2.45, 2.75) is 27.7 Å². The quantitative estimate of drug-likeness (QED) is 0.899. The van der Waals surface area contributed by atoms with Crippen molar-refractivity contribution in [2.24, 2.45) is 11.8 Å². The molecule has 0 saturated carbocycles. The Bertz CT molecular complexity index is 474. The monoisotopic (exact) mass is 310 g/mol. The third-order valence-electron chi connectivity index (χ3n) is 2.79. The first-order valence-corrected chi connectivity index (χ1v) is 7.53. The highest BCUT2D eigenvalue weighted by Gasteiger charge is 2.19. The maximum absolute atomic E-state index is 12.2. The molecule has 0 aliphatic rings. The summed E-state index contributed by atoms with van der Waals surface area (Å²) in [5.41, 5.74) is 0.418. The summed E-state index contributed by atoms with van der Waals surface area (Å²) in [6, 6.07) is 6.10. The summed E-state index contributed by atoms with van der Waals surface area (Å²) in [6.45, 7) is 9.42. The first kappa shape index (κ1) is 17.5. The van der Waals surface area contributed by atoms with Crippen molar-refractivity contribution in [3.63, 3.8) is 0 Å². The average molecular weight is 311 g/mol. The molecule has 5 heteroatoms. The van der Waals surface area contributed by atoms with Gasteiger partial charge < -0.3 is 4.90 Å². The molecule has 116 valence electrons. The molecule has 4 nitrogen and oxygen atoms in total. The fourth-order valence-corrected chi connectivity index (χ4v) is 2.10. The van der Waals surface area contributed by atoms with Crippen molar-refractivity contribution < 1.29 is 9.59 Å². The molecule has 0 bridgehead atoms. The average Bonchev–Trinajstić information content (AvgIpc) is 2.37. The number of rotatable bonds is 5. The molecule has 3 amide bonds. The number of amides is 3. The van der Waals surface area contributed by atoms with Crippen LogP contribution in [-0.2, 0) is 0 Å². The van der Waals surface area contributed by atoms with Crippen molar-refractivity contribution in [1.29, 1.82) is 0 Å². The van der Waals surface area contributed by atoms with Gasteiger partial charge in [-0.05, 0) is 36.1 Å². The molecule has 21 heavy (non-hydrogen) atoms. The van der Waals surface area contributed by atoms with Crippen LogP contribution >= 0.6 is 11.6 Å². The summed E-state index contributed by atoms with van der Waals surface area (Å²) >= 11 is 5.78. The predicted molar refractivity (Wildman–Crippen MR) is 85.6 cm³/mol. The second-order valence-electron chi connectivity index (χ2n) is 5.96. The zero-order valence-corrected chi connectivity index (χ0v) is 13.8. The molecule has 0 saturated heterocycles. The molecular weight excluding hydrogens is 288 g/mol. The molecule has 1 aromatic rings. The smallest absolute Gasteiger partial charge is 0.324 e. The Balaban J connectivity index is 2.71. The summed E-state index contributed by atoms with van der Waals surface area (Å²) in [5.74, 6) is 0.287. The lowest BCUT2D eigenvalue weighted by Crippen LogP contribution is -2.45. The van der Waals surface area contributed by atoms with Gasteiger partial charge in [0.2, 0.25) is 0 Å². The van der Waals surface area contributed by atoms with Gasteiger partial charge in [-0.3, -0.25) is 10.1 Å². The summed E-state index contributed by atoms with van der Waals surface area (Å²) in [7, 11) is 0. The highest BCUT2D eigenvalue weighted by molar-refractivity contribution is 6.30. The number of hydrogen-bond donors (Lipinski definition) is 1. The Morgan fingerprint density at radius 2 is 1.52 bits per heavy atom. The maximum Gasteiger partial charge on any atom is 0.324 e. The van der Waals surface area contributed by atoms with Crippen LogP contribution in [0.2, 0.25) is 5.02 Å². The Labute approximate surface area is 131 Å². The maximum atomic E-state index is 12.2. The van der Waals surface area contributed by atoms with E-state index in [0.29, 0.717) is 35.5 Å². The minimum atomic E-state index is -0.408. The fraction of sp³-hybridized carbons (Fsp3) is 0.500. The van der Waals surface area contributed by atoms with Gasteiger partial charge in [0.25, 0.3) is 5.91 Å². The lowest BCUT2D eigenvalue weighted by atomic mass is 10.1. The third kappa shape index (κ3) is 6.17. The van der Waals surface area contributed by atoms with Gasteiger partial charge in [-0.25, -0.2) is 4.79 Å². The van der Waals surface area contributed by atoms with Gasteiger partial charge in [0.05, 0.1) is 0 Å². The van der Waals surface area contributed by atoms with Gasteiger partial charge >= 0.3 is 6.03 Å². The SMILES string of the molecule is CC(C)CN(CC(C)C)C(=O)NC(=O)c1ccc(Cl)cc1.